The molecule has 3 rings (SSSR count). The third-order valence-electron chi connectivity index (χ3n) is 3.04. The van der Waals surface area contributed by atoms with Crippen molar-refractivity contribution in [1.82, 2.24) is 4.98 Å². The first-order valence-corrected chi connectivity index (χ1v) is 5.76. The van der Waals surface area contributed by atoms with E-state index in [-0.39, 0.29) is 5.69 Å². The number of benzene rings is 2. The van der Waals surface area contributed by atoms with E-state index in [0.29, 0.717) is 5.69 Å². The van der Waals surface area contributed by atoms with Crippen LogP contribution in [0.2, 0.25) is 0 Å². The minimum atomic E-state index is -0.394. The second kappa shape index (κ2) is 4.13. The van der Waals surface area contributed by atoms with E-state index >= 15 is 0 Å². The Morgan fingerprint density at radius 3 is 2.47 bits per heavy atom. The molecule has 0 radical (unpaired) electrons. The average molecular weight is 253 g/mol. The van der Waals surface area contributed by atoms with Crippen LogP contribution in [0.25, 0.3) is 22.2 Å². The van der Waals surface area contributed by atoms with Gasteiger partial charge in [0.2, 0.25) is 0 Å². The second-order valence-electron chi connectivity index (χ2n) is 4.33. The van der Waals surface area contributed by atoms with Crippen LogP contribution >= 0.6 is 0 Å². The van der Waals surface area contributed by atoms with Gasteiger partial charge < -0.3 is 10.7 Å². The number of nitrogens with one attached hydrogen (secondary N) is 1. The van der Waals surface area contributed by atoms with Gasteiger partial charge in [-0.05, 0) is 29.8 Å². The Hall–Kier alpha value is -2.82. The lowest BCUT2D eigenvalue weighted by Gasteiger charge is -1.97. The van der Waals surface area contributed by atoms with Gasteiger partial charge in [-0.3, -0.25) is 10.1 Å². The topological polar surface area (TPSA) is 84.9 Å². The second-order valence-corrected chi connectivity index (χ2v) is 4.33. The molecule has 19 heavy (non-hydrogen) atoms. The van der Waals surface area contributed by atoms with Crippen molar-refractivity contribution >= 4 is 22.3 Å². The third-order valence-corrected chi connectivity index (χ3v) is 3.04. The summed E-state index contributed by atoms with van der Waals surface area (Å²) < 4.78 is 0. The van der Waals surface area contributed by atoms with Crippen molar-refractivity contribution in [3.63, 3.8) is 0 Å². The molecule has 3 aromatic rings. The van der Waals surface area contributed by atoms with Gasteiger partial charge in [0.05, 0.1) is 4.92 Å². The van der Waals surface area contributed by atoms with Gasteiger partial charge in [0, 0.05) is 34.4 Å². The zero-order valence-electron chi connectivity index (χ0n) is 9.96. The molecule has 1 aromatic heterocycles. The SMILES string of the molecule is Nc1ccc(-c2cc3cc([N+](=O)[O-])ccc3[nH]2)cc1. The number of nitrogens with zero attached hydrogens (tertiary/aromatic N) is 1. The van der Waals surface area contributed by atoms with Gasteiger partial charge in [-0.25, -0.2) is 0 Å². The van der Waals surface area contributed by atoms with Crippen molar-refractivity contribution < 1.29 is 4.92 Å². The fraction of sp³-hybridized carbons (Fsp3) is 0. The quantitative estimate of drug-likeness (QED) is 0.417. The number of aromatic nitrogens is 1. The molecule has 1 heterocycles. The van der Waals surface area contributed by atoms with Crippen molar-refractivity contribution in [3.05, 3.63) is 58.6 Å². The fourth-order valence-corrected chi connectivity index (χ4v) is 2.05. The Balaban J connectivity index is 2.11. The average Bonchev–Trinajstić information content (AvgIpc) is 2.82. The summed E-state index contributed by atoms with van der Waals surface area (Å²) >= 11 is 0. The highest BCUT2D eigenvalue weighted by Crippen LogP contribution is 2.27. The number of nitro benzene ring substituents is 1. The fourth-order valence-electron chi connectivity index (χ4n) is 2.05. The lowest BCUT2D eigenvalue weighted by atomic mass is 10.1. The monoisotopic (exact) mass is 253 g/mol. The van der Waals surface area contributed by atoms with Crippen LogP contribution in [0.3, 0.4) is 0 Å². The van der Waals surface area contributed by atoms with E-state index < -0.39 is 4.92 Å². The zero-order chi connectivity index (χ0) is 13.4. The molecule has 0 aliphatic heterocycles. The Bertz CT molecular complexity index is 760. The van der Waals surface area contributed by atoms with Gasteiger partial charge in [-0.15, -0.1) is 0 Å². The Kier molecular flexibility index (Phi) is 2.45. The largest absolute Gasteiger partial charge is 0.399 e. The zero-order valence-corrected chi connectivity index (χ0v) is 9.96. The summed E-state index contributed by atoms with van der Waals surface area (Å²) in [5.41, 5.74) is 9.22. The van der Waals surface area contributed by atoms with E-state index in [4.69, 9.17) is 5.73 Å². The molecule has 0 atom stereocenters. The molecule has 5 heteroatoms. The first-order chi connectivity index (χ1) is 9.13. The minimum absolute atomic E-state index is 0.0929. The summed E-state index contributed by atoms with van der Waals surface area (Å²) in [6.45, 7) is 0. The molecule has 0 aliphatic carbocycles. The molecular formula is C14H11N3O2. The number of hydrogen-bond acceptors (Lipinski definition) is 3. The lowest BCUT2D eigenvalue weighted by Crippen LogP contribution is -1.86. The predicted octanol–water partition coefficient (Wildman–Crippen LogP) is 3.33. The van der Waals surface area contributed by atoms with Crippen LogP contribution < -0.4 is 5.73 Å². The lowest BCUT2D eigenvalue weighted by molar-refractivity contribution is -0.384. The van der Waals surface area contributed by atoms with E-state index in [1.807, 2.05) is 30.3 Å². The Morgan fingerprint density at radius 1 is 1.05 bits per heavy atom. The summed E-state index contributed by atoms with van der Waals surface area (Å²) in [4.78, 5) is 13.6. The third kappa shape index (κ3) is 2.01. The van der Waals surface area contributed by atoms with E-state index in [1.165, 1.54) is 6.07 Å². The molecule has 0 spiro atoms. The first-order valence-electron chi connectivity index (χ1n) is 5.76. The number of rotatable bonds is 2. The molecule has 0 aliphatic rings. The summed E-state index contributed by atoms with van der Waals surface area (Å²) in [6, 6.07) is 14.1. The number of nitro groups is 1. The maximum Gasteiger partial charge on any atom is 0.270 e. The molecule has 2 aromatic carbocycles. The standard InChI is InChI=1S/C14H11N3O2/c15-11-3-1-9(2-4-11)14-8-10-7-12(17(18)19)5-6-13(10)16-14/h1-8,16H,15H2. The molecule has 0 fully saturated rings. The van der Waals surface area contributed by atoms with Gasteiger partial charge >= 0.3 is 0 Å². The van der Waals surface area contributed by atoms with Gasteiger partial charge in [0.25, 0.3) is 5.69 Å². The maximum atomic E-state index is 10.7. The Labute approximate surface area is 108 Å². The van der Waals surface area contributed by atoms with Crippen molar-refractivity contribution in [1.29, 1.82) is 0 Å². The van der Waals surface area contributed by atoms with Crippen molar-refractivity contribution in [2.45, 2.75) is 0 Å². The molecule has 3 N–H and O–H groups in total. The highest BCUT2D eigenvalue weighted by Gasteiger charge is 2.09. The highest BCUT2D eigenvalue weighted by atomic mass is 16.6. The summed E-state index contributed by atoms with van der Waals surface area (Å²) in [7, 11) is 0. The van der Waals surface area contributed by atoms with Crippen LogP contribution in [0.15, 0.2) is 48.5 Å². The van der Waals surface area contributed by atoms with Crippen LogP contribution in [0.4, 0.5) is 11.4 Å². The number of aromatic amines is 1. The van der Waals surface area contributed by atoms with Crippen molar-refractivity contribution in [2.24, 2.45) is 0 Å². The number of anilines is 1. The van der Waals surface area contributed by atoms with E-state index in [0.717, 1.165) is 22.2 Å². The van der Waals surface area contributed by atoms with Gasteiger partial charge in [0.15, 0.2) is 0 Å². The Morgan fingerprint density at radius 2 is 1.79 bits per heavy atom. The van der Waals surface area contributed by atoms with Crippen molar-refractivity contribution in [2.75, 3.05) is 5.73 Å². The minimum Gasteiger partial charge on any atom is -0.399 e. The van der Waals surface area contributed by atoms with Crippen molar-refractivity contribution in [3.8, 4) is 11.3 Å². The number of hydrogen-bond donors (Lipinski definition) is 2. The summed E-state index contributed by atoms with van der Waals surface area (Å²) in [5.74, 6) is 0. The number of nitrogen functional groups attached to an aromatic ring is 1. The number of non-ortho nitro benzene ring substituents is 1. The van der Waals surface area contributed by atoms with Crippen LogP contribution in [0.1, 0.15) is 0 Å². The highest BCUT2D eigenvalue weighted by molar-refractivity contribution is 5.87. The summed E-state index contributed by atoms with van der Waals surface area (Å²) in [6.07, 6.45) is 0. The maximum absolute atomic E-state index is 10.7. The first kappa shape index (κ1) is 11.3. The molecule has 5 nitrogen and oxygen atoms in total. The van der Waals surface area contributed by atoms with E-state index in [2.05, 4.69) is 4.98 Å². The van der Waals surface area contributed by atoms with Gasteiger partial charge in [-0.2, -0.15) is 0 Å². The van der Waals surface area contributed by atoms with E-state index in [9.17, 15) is 10.1 Å². The van der Waals surface area contributed by atoms with Crippen LogP contribution in [0.5, 0.6) is 0 Å². The molecule has 0 saturated heterocycles. The molecule has 0 amide bonds. The molecule has 0 saturated carbocycles. The molecule has 94 valence electrons. The molecule has 0 unspecified atom stereocenters. The van der Waals surface area contributed by atoms with Crippen LogP contribution in [0, 0.1) is 10.1 Å². The molecule has 0 bridgehead atoms. The van der Waals surface area contributed by atoms with Gasteiger partial charge in [0.1, 0.15) is 0 Å². The number of nitrogens with two attached hydrogens (primary N) is 1. The smallest absolute Gasteiger partial charge is 0.270 e. The number of fused-ring (bicyclic) bond motifs is 1. The van der Waals surface area contributed by atoms with Gasteiger partial charge in [-0.1, -0.05) is 12.1 Å². The summed E-state index contributed by atoms with van der Waals surface area (Å²) in [5, 5.41) is 11.6. The van der Waals surface area contributed by atoms with E-state index in [1.54, 1.807) is 12.1 Å². The normalized spacial score (nSPS) is 10.7. The number of H-pyrrole nitrogens is 1. The van der Waals surface area contributed by atoms with Crippen LogP contribution in [-0.2, 0) is 0 Å². The predicted molar refractivity (Wildman–Crippen MR) is 74.8 cm³/mol. The molecular weight excluding hydrogens is 242 g/mol. The van der Waals surface area contributed by atoms with Crippen LogP contribution in [-0.4, -0.2) is 9.91 Å².